The van der Waals surface area contributed by atoms with E-state index in [9.17, 15) is 28.4 Å². The van der Waals surface area contributed by atoms with Gasteiger partial charge in [-0.3, -0.25) is 14.9 Å². The molecule has 0 bridgehead atoms. The van der Waals surface area contributed by atoms with Gasteiger partial charge < -0.3 is 21.3 Å². The molecule has 6 N–H and O–H groups in total. The molecule has 13 nitrogen and oxygen atoms in total. The largest absolute Gasteiger partial charge is 0.399 e. The summed E-state index contributed by atoms with van der Waals surface area (Å²) in [5.41, 5.74) is 7.59. The molecule has 2 atom stereocenters. The van der Waals surface area contributed by atoms with Crippen molar-refractivity contribution in [3.8, 4) is 0 Å². The second-order valence-corrected chi connectivity index (χ2v) is 10.8. The highest BCUT2D eigenvalue weighted by Gasteiger charge is 2.25. The highest BCUT2D eigenvalue weighted by Crippen LogP contribution is 2.21. The predicted molar refractivity (Wildman–Crippen MR) is 146 cm³/mol. The average Bonchev–Trinajstić information content (AvgIpc) is 2.86. The van der Waals surface area contributed by atoms with E-state index in [1.54, 1.807) is 19.9 Å². The lowest BCUT2D eigenvalue weighted by Gasteiger charge is -2.22. The Hall–Kier alpha value is -3.56. The van der Waals surface area contributed by atoms with Gasteiger partial charge >= 0.3 is 0 Å². The van der Waals surface area contributed by atoms with E-state index in [2.05, 4.69) is 20.0 Å². The molecule has 16 heteroatoms. The Morgan fingerprint density at radius 3 is 2.08 bits per heavy atom. The number of amides is 1. The first kappa shape index (κ1) is 31.7. The minimum atomic E-state index is -3.69. The van der Waals surface area contributed by atoms with Crippen molar-refractivity contribution in [3.05, 3.63) is 81.7 Å². The highest BCUT2D eigenvalue weighted by molar-refractivity contribution is 7.92. The number of hydrogen-bond acceptors (Lipinski definition) is 10. The molecule has 1 aromatic heterocycles. The molecule has 0 saturated heterocycles. The molecule has 210 valence electrons. The third kappa shape index (κ3) is 9.60. The number of nitro benzene ring substituents is 1. The van der Waals surface area contributed by atoms with Crippen LogP contribution in [0.1, 0.15) is 23.1 Å². The second kappa shape index (κ2) is 14.0. The molecule has 3 aromatic rings. The zero-order valence-corrected chi connectivity index (χ0v) is 23.0. The Balaban J connectivity index is 0.000000274. The van der Waals surface area contributed by atoms with Gasteiger partial charge in [-0.1, -0.05) is 23.2 Å². The number of aliphatic hydroxyl groups excluding tert-OH is 2. The molecule has 0 saturated carbocycles. The van der Waals surface area contributed by atoms with Crippen LogP contribution >= 0.6 is 23.2 Å². The maximum atomic E-state index is 12.1. The van der Waals surface area contributed by atoms with Crippen LogP contribution < -0.4 is 15.8 Å². The number of non-ortho nitro benzene ring substituents is 1. The van der Waals surface area contributed by atoms with Gasteiger partial charge in [-0.05, 0) is 61.9 Å². The van der Waals surface area contributed by atoms with Crippen LogP contribution in [0.25, 0.3) is 0 Å². The Labute approximate surface area is 234 Å². The molecule has 1 heterocycles. The van der Waals surface area contributed by atoms with Crippen LogP contribution in [-0.2, 0) is 14.8 Å². The number of nitrogens with one attached hydrogen (secondary N) is 2. The lowest BCUT2D eigenvalue weighted by molar-refractivity contribution is -0.384. The van der Waals surface area contributed by atoms with Crippen molar-refractivity contribution in [1.29, 1.82) is 0 Å². The van der Waals surface area contributed by atoms with E-state index < -0.39 is 44.4 Å². The minimum Gasteiger partial charge on any atom is -0.399 e. The summed E-state index contributed by atoms with van der Waals surface area (Å²) in [5, 5.41) is 31.9. The molecule has 0 spiro atoms. The van der Waals surface area contributed by atoms with Crippen molar-refractivity contribution < 1.29 is 28.3 Å². The van der Waals surface area contributed by atoms with Crippen molar-refractivity contribution in [3.63, 3.8) is 0 Å². The summed E-state index contributed by atoms with van der Waals surface area (Å²) in [6.45, 7) is 3.00. The summed E-state index contributed by atoms with van der Waals surface area (Å²) < 4.78 is 26.6. The smallest absolute Gasteiger partial charge is 0.269 e. The fourth-order valence-corrected chi connectivity index (χ4v) is 4.16. The van der Waals surface area contributed by atoms with E-state index in [4.69, 9.17) is 34.0 Å². The third-order valence-electron chi connectivity index (χ3n) is 4.95. The molecule has 1 amide bonds. The number of halogens is 2. The fraction of sp³-hybridized carbons (Fsp3) is 0.261. The number of benzene rings is 2. The number of aromatic nitrogens is 2. The number of aryl methyl sites for hydroxylation is 2. The van der Waals surface area contributed by atoms with E-state index >= 15 is 0 Å². The fourth-order valence-electron chi connectivity index (χ4n) is 3.09. The summed E-state index contributed by atoms with van der Waals surface area (Å²) in [6.07, 6.45) is -1.25. The van der Waals surface area contributed by atoms with Gasteiger partial charge in [-0.2, -0.15) is 0 Å². The first-order valence-electron chi connectivity index (χ1n) is 11.1. The van der Waals surface area contributed by atoms with Crippen molar-refractivity contribution in [2.75, 3.05) is 17.1 Å². The minimum absolute atomic E-state index is 0.0642. The van der Waals surface area contributed by atoms with Gasteiger partial charge in [0.05, 0.1) is 22.5 Å². The first-order valence-corrected chi connectivity index (χ1v) is 13.4. The van der Waals surface area contributed by atoms with Gasteiger partial charge in [0.2, 0.25) is 5.95 Å². The number of anilines is 2. The molecular formula is C23H26Cl2N6O7S. The monoisotopic (exact) mass is 600 g/mol. The summed E-state index contributed by atoms with van der Waals surface area (Å²) in [7, 11) is -3.69. The first-order chi connectivity index (χ1) is 18.2. The normalized spacial score (nSPS) is 12.6. The van der Waals surface area contributed by atoms with Crippen LogP contribution in [0.5, 0.6) is 0 Å². The number of carbonyl (C=O) groups excluding carboxylic acids is 1. The van der Waals surface area contributed by atoms with Gasteiger partial charge in [0, 0.05) is 29.2 Å². The summed E-state index contributed by atoms with van der Waals surface area (Å²) in [6, 6.07) is 11.7. The van der Waals surface area contributed by atoms with Crippen LogP contribution in [0.3, 0.4) is 0 Å². The summed E-state index contributed by atoms with van der Waals surface area (Å²) >= 11 is 10.7. The Kier molecular flexibility index (Phi) is 11.4. The predicted octanol–water partition coefficient (Wildman–Crippen LogP) is 2.39. The number of nitrogen functional groups attached to an aromatic ring is 1. The van der Waals surface area contributed by atoms with E-state index in [0.29, 0.717) is 22.6 Å². The van der Waals surface area contributed by atoms with Gasteiger partial charge in [-0.15, -0.1) is 0 Å². The molecule has 3 rings (SSSR count). The number of alkyl halides is 2. The number of nitro groups is 1. The van der Waals surface area contributed by atoms with Gasteiger partial charge in [0.15, 0.2) is 4.84 Å². The van der Waals surface area contributed by atoms with Gasteiger partial charge in [0.25, 0.3) is 21.6 Å². The Bertz CT molecular complexity index is 1370. The summed E-state index contributed by atoms with van der Waals surface area (Å²) in [4.78, 5) is 28.1. The lowest BCUT2D eigenvalue weighted by Crippen LogP contribution is -2.44. The van der Waals surface area contributed by atoms with Crippen LogP contribution in [-0.4, -0.2) is 56.9 Å². The lowest BCUT2D eigenvalue weighted by atomic mass is 10.0. The maximum absolute atomic E-state index is 12.1. The second-order valence-electron chi connectivity index (χ2n) is 8.04. The molecule has 0 unspecified atom stereocenters. The van der Waals surface area contributed by atoms with Crippen LogP contribution in [0, 0.1) is 24.0 Å². The number of sulfonamides is 1. The van der Waals surface area contributed by atoms with E-state index in [0.717, 1.165) is 0 Å². The maximum Gasteiger partial charge on any atom is 0.269 e. The number of nitrogens with two attached hydrogens (primary N) is 1. The SMILES string of the molecule is Cc1cc(C)nc(NS(=O)(=O)c2ccc(N)cc2)n1.O=C(N[C@H](CO)[C@H](O)c1ccc([N+](=O)[O-])cc1)C(Cl)Cl. The highest BCUT2D eigenvalue weighted by atomic mass is 35.5. The van der Waals surface area contributed by atoms with Crippen LogP contribution in [0.2, 0.25) is 0 Å². The number of hydrogen-bond donors (Lipinski definition) is 5. The van der Waals surface area contributed by atoms with E-state index in [-0.39, 0.29) is 16.5 Å². The molecule has 0 aliphatic heterocycles. The van der Waals surface area contributed by atoms with Crippen molar-refractivity contribution in [2.45, 2.75) is 35.7 Å². The molecule has 0 radical (unpaired) electrons. The van der Waals surface area contributed by atoms with E-state index in [1.165, 1.54) is 48.5 Å². The van der Waals surface area contributed by atoms with E-state index in [1.807, 2.05) is 0 Å². The topological polar surface area (TPSA) is 211 Å². The molecule has 0 fully saturated rings. The molecular weight excluding hydrogens is 575 g/mol. The Morgan fingerprint density at radius 1 is 1.08 bits per heavy atom. The number of carbonyl (C=O) groups is 1. The molecule has 2 aromatic carbocycles. The quantitative estimate of drug-likeness (QED) is 0.105. The van der Waals surface area contributed by atoms with Crippen LogP contribution in [0.4, 0.5) is 17.3 Å². The standard InChI is InChI=1S/C12H14N4O2S.C11H12Cl2N2O5/c1-8-7-9(2)15-12(14-8)16-19(17,18)11-5-3-10(13)4-6-11;12-10(13)11(18)14-8(5-16)9(17)6-1-3-7(4-2-6)15(19)20/h3-7H,13H2,1-2H3,(H,14,15,16);1-4,8-10,16-17H,5H2,(H,14,18)/t;8-,9-/m.1/s1. The van der Waals surface area contributed by atoms with Crippen molar-refractivity contribution in [2.24, 2.45) is 0 Å². The van der Waals surface area contributed by atoms with Crippen LogP contribution in [0.15, 0.2) is 59.5 Å². The Morgan fingerprint density at radius 2 is 1.62 bits per heavy atom. The van der Waals surface area contributed by atoms with Gasteiger partial charge in [0.1, 0.15) is 6.10 Å². The molecule has 39 heavy (non-hydrogen) atoms. The number of aliphatic hydroxyl groups is 2. The third-order valence-corrected chi connectivity index (χ3v) is 6.69. The molecule has 0 aliphatic carbocycles. The summed E-state index contributed by atoms with van der Waals surface area (Å²) in [5.74, 6) is -0.692. The van der Waals surface area contributed by atoms with Crippen molar-refractivity contribution >= 4 is 56.5 Å². The zero-order valence-electron chi connectivity index (χ0n) is 20.7. The zero-order chi connectivity index (χ0) is 29.3. The number of nitrogens with zero attached hydrogens (tertiary/aromatic N) is 3. The number of rotatable bonds is 9. The van der Waals surface area contributed by atoms with Gasteiger partial charge in [-0.25, -0.2) is 23.1 Å². The average molecular weight is 601 g/mol. The molecule has 0 aliphatic rings. The van der Waals surface area contributed by atoms with Crippen molar-refractivity contribution in [1.82, 2.24) is 15.3 Å².